The van der Waals surface area contributed by atoms with Crippen LogP contribution in [-0.2, 0) is 20.9 Å². The summed E-state index contributed by atoms with van der Waals surface area (Å²) < 4.78 is 10.6. The molecule has 0 saturated heterocycles. The fourth-order valence-electron chi connectivity index (χ4n) is 1.98. The zero-order valence-corrected chi connectivity index (χ0v) is 13.4. The molecule has 0 unspecified atom stereocenters. The lowest BCUT2D eigenvalue weighted by molar-refractivity contribution is -0.157. The highest BCUT2D eigenvalue weighted by atomic mass is 16.6. The highest BCUT2D eigenvalue weighted by molar-refractivity contribution is 5.75. The van der Waals surface area contributed by atoms with Gasteiger partial charge in [0.1, 0.15) is 0 Å². The summed E-state index contributed by atoms with van der Waals surface area (Å²) in [7, 11) is 1.39. The average molecular weight is 290 g/mol. The predicted octanol–water partition coefficient (Wildman–Crippen LogP) is 3.98. The summed E-state index contributed by atoms with van der Waals surface area (Å²) in [6, 6.07) is 9.83. The van der Waals surface area contributed by atoms with Gasteiger partial charge in [-0.2, -0.15) is 0 Å². The molecule has 0 aliphatic heterocycles. The molecule has 1 aromatic carbocycles. The van der Waals surface area contributed by atoms with Gasteiger partial charge in [0.25, 0.3) is 0 Å². The lowest BCUT2D eigenvalue weighted by Crippen LogP contribution is -2.31. The van der Waals surface area contributed by atoms with Crippen LogP contribution >= 0.6 is 0 Å². The quantitative estimate of drug-likeness (QED) is 0.536. The van der Waals surface area contributed by atoms with Gasteiger partial charge in [0.2, 0.25) is 0 Å². The molecule has 0 heterocycles. The molecule has 0 N–H and O–H groups in total. The number of hydrogen-bond donors (Lipinski definition) is 0. The third-order valence-electron chi connectivity index (χ3n) is 3.23. The molecule has 0 spiro atoms. The smallest absolute Gasteiger partial charge is 0.335 e. The molecule has 0 saturated carbocycles. The number of allylic oxidation sites excluding steroid dienone is 1. The first-order valence-electron chi connectivity index (χ1n) is 7.44. The lowest BCUT2D eigenvalue weighted by Gasteiger charge is -2.20. The van der Waals surface area contributed by atoms with Gasteiger partial charge in [-0.25, -0.2) is 4.79 Å². The molecule has 3 nitrogen and oxygen atoms in total. The largest absolute Gasteiger partial charge is 0.467 e. The van der Waals surface area contributed by atoms with E-state index < -0.39 is 6.10 Å². The van der Waals surface area contributed by atoms with Gasteiger partial charge in [-0.3, -0.25) is 0 Å². The third kappa shape index (κ3) is 6.58. The summed E-state index contributed by atoms with van der Waals surface area (Å²) in [4.78, 5) is 11.9. The van der Waals surface area contributed by atoms with Gasteiger partial charge in [-0.1, -0.05) is 63.3 Å². The van der Waals surface area contributed by atoms with Crippen LogP contribution in [0.4, 0.5) is 0 Å². The molecular weight excluding hydrogens is 264 g/mol. The summed E-state index contributed by atoms with van der Waals surface area (Å²) in [5, 5.41) is 0. The number of carbonyl (C=O) groups excluding carboxylic acids is 1. The van der Waals surface area contributed by atoms with Crippen LogP contribution in [0.3, 0.4) is 0 Å². The van der Waals surface area contributed by atoms with Crippen LogP contribution in [0, 0.1) is 11.8 Å². The molecule has 0 radical (unpaired) electrons. The number of carbonyl (C=O) groups is 1. The first-order chi connectivity index (χ1) is 10.0. The Labute approximate surface area is 128 Å². The SMILES string of the molecule is COC(=O)[C@@H](OCc1ccccc1)[C@@H](C)/C=C/CC(C)C. The zero-order valence-electron chi connectivity index (χ0n) is 13.4. The molecule has 3 heteroatoms. The van der Waals surface area contributed by atoms with E-state index in [0.717, 1.165) is 12.0 Å². The van der Waals surface area contributed by atoms with Crippen molar-refractivity contribution < 1.29 is 14.3 Å². The summed E-state index contributed by atoms with van der Waals surface area (Å²) >= 11 is 0. The van der Waals surface area contributed by atoms with Crippen molar-refractivity contribution in [3.05, 3.63) is 48.0 Å². The van der Waals surface area contributed by atoms with Crippen molar-refractivity contribution in [3.8, 4) is 0 Å². The van der Waals surface area contributed by atoms with Gasteiger partial charge in [0, 0.05) is 5.92 Å². The Morgan fingerprint density at radius 1 is 1.19 bits per heavy atom. The maximum atomic E-state index is 11.9. The van der Waals surface area contributed by atoms with Gasteiger partial charge >= 0.3 is 5.97 Å². The molecule has 1 rings (SSSR count). The summed E-state index contributed by atoms with van der Waals surface area (Å²) in [5.74, 6) is 0.266. The van der Waals surface area contributed by atoms with Crippen LogP contribution in [0.25, 0.3) is 0 Å². The maximum absolute atomic E-state index is 11.9. The van der Waals surface area contributed by atoms with Crippen LogP contribution in [0.1, 0.15) is 32.8 Å². The number of methoxy groups -OCH3 is 1. The zero-order chi connectivity index (χ0) is 15.7. The van der Waals surface area contributed by atoms with Crippen molar-refractivity contribution in [3.63, 3.8) is 0 Å². The molecular formula is C18H26O3. The van der Waals surface area contributed by atoms with Crippen molar-refractivity contribution in [1.29, 1.82) is 0 Å². The molecule has 0 fully saturated rings. The molecule has 116 valence electrons. The molecule has 1 aromatic rings. The van der Waals surface area contributed by atoms with E-state index in [1.54, 1.807) is 0 Å². The maximum Gasteiger partial charge on any atom is 0.335 e. The lowest BCUT2D eigenvalue weighted by atomic mass is 10.0. The van der Waals surface area contributed by atoms with E-state index in [1.165, 1.54) is 7.11 Å². The van der Waals surface area contributed by atoms with Crippen LogP contribution in [0.2, 0.25) is 0 Å². The molecule has 2 atom stereocenters. The Bertz CT molecular complexity index is 437. The minimum atomic E-state index is -0.571. The van der Waals surface area contributed by atoms with Gasteiger partial charge in [0.05, 0.1) is 13.7 Å². The van der Waals surface area contributed by atoms with Gasteiger partial charge in [-0.15, -0.1) is 0 Å². The van der Waals surface area contributed by atoms with Crippen molar-refractivity contribution in [2.24, 2.45) is 11.8 Å². The molecule has 0 bridgehead atoms. The second-order valence-corrected chi connectivity index (χ2v) is 5.66. The summed E-state index contributed by atoms with van der Waals surface area (Å²) in [6.07, 6.45) is 4.57. The van der Waals surface area contributed by atoms with Crippen LogP contribution in [0.5, 0.6) is 0 Å². The average Bonchev–Trinajstić information content (AvgIpc) is 2.47. The van der Waals surface area contributed by atoms with E-state index in [9.17, 15) is 4.79 Å². The first kappa shape index (κ1) is 17.4. The number of esters is 1. The summed E-state index contributed by atoms with van der Waals surface area (Å²) in [5.41, 5.74) is 1.05. The highest BCUT2D eigenvalue weighted by Gasteiger charge is 2.25. The Hall–Kier alpha value is -1.61. The number of ether oxygens (including phenoxy) is 2. The third-order valence-corrected chi connectivity index (χ3v) is 3.23. The van der Waals surface area contributed by atoms with Gasteiger partial charge < -0.3 is 9.47 Å². The van der Waals surface area contributed by atoms with E-state index in [2.05, 4.69) is 19.9 Å². The van der Waals surface area contributed by atoms with Crippen LogP contribution in [0.15, 0.2) is 42.5 Å². The van der Waals surface area contributed by atoms with E-state index >= 15 is 0 Å². The molecule has 0 amide bonds. The minimum Gasteiger partial charge on any atom is -0.467 e. The predicted molar refractivity (Wildman–Crippen MR) is 84.8 cm³/mol. The number of benzene rings is 1. The Balaban J connectivity index is 2.62. The molecule has 0 aliphatic carbocycles. The van der Waals surface area contributed by atoms with Gasteiger partial charge in [-0.05, 0) is 17.9 Å². The summed E-state index contributed by atoms with van der Waals surface area (Å²) in [6.45, 7) is 6.71. The van der Waals surface area contributed by atoms with Crippen molar-refractivity contribution >= 4 is 5.97 Å². The Morgan fingerprint density at radius 3 is 2.43 bits per heavy atom. The molecule has 0 aliphatic rings. The highest BCUT2D eigenvalue weighted by Crippen LogP contribution is 2.15. The van der Waals surface area contributed by atoms with Crippen LogP contribution in [-0.4, -0.2) is 19.2 Å². The van der Waals surface area contributed by atoms with E-state index in [4.69, 9.17) is 9.47 Å². The number of hydrogen-bond acceptors (Lipinski definition) is 3. The second kappa shape index (κ2) is 9.35. The first-order valence-corrected chi connectivity index (χ1v) is 7.44. The van der Waals surface area contributed by atoms with Crippen LogP contribution < -0.4 is 0 Å². The fourth-order valence-corrected chi connectivity index (χ4v) is 1.98. The fraction of sp³-hybridized carbons (Fsp3) is 0.500. The van der Waals surface area contributed by atoms with Gasteiger partial charge in [0.15, 0.2) is 6.10 Å². The molecule has 21 heavy (non-hydrogen) atoms. The normalized spacial score (nSPS) is 14.3. The van der Waals surface area contributed by atoms with E-state index in [1.807, 2.05) is 43.3 Å². The monoisotopic (exact) mass is 290 g/mol. The van der Waals surface area contributed by atoms with Crippen molar-refractivity contribution in [1.82, 2.24) is 0 Å². The number of rotatable bonds is 8. The van der Waals surface area contributed by atoms with E-state index in [0.29, 0.717) is 12.5 Å². The minimum absolute atomic E-state index is 0.0140. The Kier molecular flexibility index (Phi) is 7.76. The standard InChI is InChI=1S/C18H26O3/c1-14(2)9-8-10-15(3)17(18(19)20-4)21-13-16-11-6-5-7-12-16/h5-8,10-12,14-15,17H,9,13H2,1-4H3/b10-8+/t15-,17-/m0/s1. The molecule has 0 aromatic heterocycles. The second-order valence-electron chi connectivity index (χ2n) is 5.66. The van der Waals surface area contributed by atoms with E-state index in [-0.39, 0.29) is 11.9 Å². The topological polar surface area (TPSA) is 35.5 Å². The Morgan fingerprint density at radius 2 is 1.86 bits per heavy atom. The van der Waals surface area contributed by atoms with Crippen molar-refractivity contribution in [2.75, 3.05) is 7.11 Å². The van der Waals surface area contributed by atoms with Crippen molar-refractivity contribution in [2.45, 2.75) is 39.9 Å².